The Bertz CT molecular complexity index is 1630. The summed E-state index contributed by atoms with van der Waals surface area (Å²) in [6.07, 6.45) is 0.790. The molecule has 0 spiro atoms. The highest BCUT2D eigenvalue weighted by Crippen LogP contribution is 2.14. The molecule has 12 nitrogen and oxygen atoms in total. The number of benzene rings is 2. The number of amides is 4. The number of hydrogen-bond donors (Lipinski definition) is 5. The Kier molecular flexibility index (Phi) is 12.6. The summed E-state index contributed by atoms with van der Waals surface area (Å²) >= 11 is 0. The van der Waals surface area contributed by atoms with E-state index in [1.165, 1.54) is 19.1 Å². The maximum atomic E-state index is 13.4. The Morgan fingerprint density at radius 3 is 2.17 bits per heavy atom. The molecule has 3 aromatic rings. The molecule has 12 heteroatoms. The molecule has 5 N–H and O–H groups in total. The average Bonchev–Trinajstić information content (AvgIpc) is 3.45. The summed E-state index contributed by atoms with van der Waals surface area (Å²) in [7, 11) is 0. The van der Waals surface area contributed by atoms with Crippen LogP contribution in [0.3, 0.4) is 0 Å². The first-order valence-corrected chi connectivity index (χ1v) is 15.2. The van der Waals surface area contributed by atoms with Crippen molar-refractivity contribution in [2.75, 3.05) is 0 Å². The number of rotatable bonds is 13. The molecule has 0 aliphatic rings. The van der Waals surface area contributed by atoms with E-state index in [0.29, 0.717) is 17.7 Å². The number of nitrogens with one attached hydrogen (secondary N) is 4. The van der Waals surface area contributed by atoms with Gasteiger partial charge in [-0.3, -0.25) is 19.2 Å². The summed E-state index contributed by atoms with van der Waals surface area (Å²) in [5.74, 6) is -1.97. The van der Waals surface area contributed by atoms with Crippen molar-refractivity contribution in [2.24, 2.45) is 0 Å². The summed E-state index contributed by atoms with van der Waals surface area (Å²) in [5.41, 5.74) is 2.87. The molecular weight excluding hydrogens is 600 g/mol. The number of aromatic nitrogens is 1. The van der Waals surface area contributed by atoms with E-state index in [9.17, 15) is 29.5 Å². The predicted molar refractivity (Wildman–Crippen MR) is 175 cm³/mol. The van der Waals surface area contributed by atoms with Gasteiger partial charge in [0.2, 0.25) is 11.8 Å². The van der Waals surface area contributed by atoms with E-state index in [4.69, 9.17) is 4.52 Å². The Morgan fingerprint density at radius 1 is 0.979 bits per heavy atom. The molecular formula is C35H42N6O6. The van der Waals surface area contributed by atoms with Crippen LogP contribution in [0.1, 0.15) is 72.6 Å². The summed E-state index contributed by atoms with van der Waals surface area (Å²) < 4.78 is 4.93. The van der Waals surface area contributed by atoms with Gasteiger partial charge in [-0.2, -0.15) is 5.26 Å². The van der Waals surface area contributed by atoms with Crippen LogP contribution in [-0.2, 0) is 27.3 Å². The molecule has 0 saturated heterocycles. The fourth-order valence-corrected chi connectivity index (χ4v) is 4.46. The van der Waals surface area contributed by atoms with Crippen LogP contribution in [0.4, 0.5) is 0 Å². The molecule has 3 atom stereocenters. The summed E-state index contributed by atoms with van der Waals surface area (Å²) in [6, 6.07) is 15.7. The van der Waals surface area contributed by atoms with E-state index in [2.05, 4.69) is 26.4 Å². The van der Waals surface area contributed by atoms with Crippen molar-refractivity contribution in [3.05, 3.63) is 93.9 Å². The van der Waals surface area contributed by atoms with Gasteiger partial charge in [0.15, 0.2) is 5.69 Å². The zero-order valence-electron chi connectivity index (χ0n) is 27.5. The minimum absolute atomic E-state index is 0.0286. The largest absolute Gasteiger partial charge is 0.391 e. The molecule has 3 unspecified atom stereocenters. The zero-order valence-corrected chi connectivity index (χ0v) is 27.5. The number of aryl methyl sites for hydroxylation is 3. The number of aliphatic hydroxyl groups excluding tert-OH is 1. The highest BCUT2D eigenvalue weighted by Gasteiger charge is 2.30. The van der Waals surface area contributed by atoms with Crippen LogP contribution in [0.2, 0.25) is 0 Å². The summed E-state index contributed by atoms with van der Waals surface area (Å²) in [5, 5.41) is 34.3. The monoisotopic (exact) mass is 642 g/mol. The predicted octanol–water partition coefficient (Wildman–Crippen LogP) is 3.03. The van der Waals surface area contributed by atoms with E-state index in [-0.39, 0.29) is 24.2 Å². The lowest BCUT2D eigenvalue weighted by Crippen LogP contribution is -2.57. The van der Waals surface area contributed by atoms with Crippen LogP contribution in [0, 0.1) is 25.2 Å². The SMILES string of the molecule is Cc1ccc(CNC(=O)C(CCc2ccc(C=C(C#N)C(=O)NC(C)(C)C)cc2)NC(=O)C(NC(=O)c2cc(C)on2)C(C)O)cc1. The molecule has 2 aromatic carbocycles. The highest BCUT2D eigenvalue weighted by atomic mass is 16.5. The van der Waals surface area contributed by atoms with Crippen molar-refractivity contribution < 1.29 is 28.8 Å². The molecule has 0 bridgehead atoms. The first-order chi connectivity index (χ1) is 22.1. The van der Waals surface area contributed by atoms with Crippen molar-refractivity contribution >= 4 is 29.7 Å². The Labute approximate surface area is 274 Å². The van der Waals surface area contributed by atoms with Gasteiger partial charge in [-0.15, -0.1) is 0 Å². The topological polar surface area (TPSA) is 186 Å². The van der Waals surface area contributed by atoms with Crippen LogP contribution >= 0.6 is 0 Å². The minimum Gasteiger partial charge on any atom is -0.391 e. The lowest BCUT2D eigenvalue weighted by atomic mass is 10.0. The fraction of sp³-hybridized carbons (Fsp3) is 0.371. The van der Waals surface area contributed by atoms with Gasteiger partial charge < -0.3 is 30.9 Å². The molecule has 248 valence electrons. The lowest BCUT2D eigenvalue weighted by Gasteiger charge is -2.24. The zero-order chi connectivity index (χ0) is 34.7. The number of aliphatic hydroxyl groups is 1. The van der Waals surface area contributed by atoms with E-state index in [0.717, 1.165) is 16.7 Å². The standard InChI is InChI=1S/C35H42N6O6/c1-21-7-9-26(10-8-21)20-37-32(44)28(38-34(46)30(23(3)42)39-33(45)29-17-22(2)47-41-29)16-15-24-11-13-25(14-12-24)18-27(19-36)31(43)40-35(4,5)6/h7-14,17-18,23,28,30,42H,15-16,20H2,1-6H3,(H,37,44)(H,38,46)(H,39,45)(H,40,43). The van der Waals surface area contributed by atoms with Crippen molar-refractivity contribution in [3.63, 3.8) is 0 Å². The molecule has 0 radical (unpaired) electrons. The molecule has 3 rings (SSSR count). The Hall–Kier alpha value is -5.28. The number of carbonyl (C=O) groups is 4. The molecule has 1 heterocycles. The normalized spacial score (nSPS) is 13.4. The van der Waals surface area contributed by atoms with Crippen LogP contribution in [0.5, 0.6) is 0 Å². The molecule has 47 heavy (non-hydrogen) atoms. The average molecular weight is 643 g/mol. The van der Waals surface area contributed by atoms with Crippen LogP contribution in [0.15, 0.2) is 64.7 Å². The van der Waals surface area contributed by atoms with Crippen LogP contribution in [-0.4, -0.2) is 57.6 Å². The van der Waals surface area contributed by atoms with Gasteiger partial charge in [-0.1, -0.05) is 59.3 Å². The molecule has 0 saturated carbocycles. The molecule has 0 aliphatic heterocycles. The quantitative estimate of drug-likeness (QED) is 0.139. The van der Waals surface area contributed by atoms with Crippen molar-refractivity contribution in [2.45, 2.75) is 84.7 Å². The first kappa shape index (κ1) is 36.2. The molecule has 0 fully saturated rings. The van der Waals surface area contributed by atoms with Gasteiger partial charge in [0.25, 0.3) is 11.8 Å². The van der Waals surface area contributed by atoms with Gasteiger partial charge in [0, 0.05) is 18.2 Å². The van der Waals surface area contributed by atoms with Gasteiger partial charge in [-0.05, 0) is 77.2 Å². The number of carbonyl (C=O) groups excluding carboxylic acids is 4. The van der Waals surface area contributed by atoms with Crippen LogP contribution in [0.25, 0.3) is 6.08 Å². The van der Waals surface area contributed by atoms with Crippen LogP contribution < -0.4 is 21.3 Å². The second-order valence-corrected chi connectivity index (χ2v) is 12.4. The Morgan fingerprint density at radius 2 is 1.62 bits per heavy atom. The molecule has 1 aromatic heterocycles. The second kappa shape index (κ2) is 16.3. The third-order valence-electron chi connectivity index (χ3n) is 7.00. The van der Waals surface area contributed by atoms with Gasteiger partial charge >= 0.3 is 0 Å². The third kappa shape index (κ3) is 11.5. The smallest absolute Gasteiger partial charge is 0.274 e. The maximum absolute atomic E-state index is 13.4. The van der Waals surface area contributed by atoms with E-state index >= 15 is 0 Å². The van der Waals surface area contributed by atoms with Gasteiger partial charge in [0.05, 0.1) is 6.10 Å². The molecule has 0 aliphatic carbocycles. The second-order valence-electron chi connectivity index (χ2n) is 12.4. The van der Waals surface area contributed by atoms with Crippen molar-refractivity contribution in [1.29, 1.82) is 5.26 Å². The van der Waals surface area contributed by atoms with E-state index in [1.54, 1.807) is 19.1 Å². The van der Waals surface area contributed by atoms with E-state index in [1.807, 2.05) is 70.2 Å². The minimum atomic E-state index is -1.37. The third-order valence-corrected chi connectivity index (χ3v) is 7.00. The summed E-state index contributed by atoms with van der Waals surface area (Å²) in [6.45, 7) is 10.6. The first-order valence-electron chi connectivity index (χ1n) is 15.2. The summed E-state index contributed by atoms with van der Waals surface area (Å²) in [4.78, 5) is 51.8. The van der Waals surface area contributed by atoms with E-state index < -0.39 is 47.4 Å². The fourth-order valence-electron chi connectivity index (χ4n) is 4.46. The lowest BCUT2D eigenvalue weighted by molar-refractivity contribution is -0.131. The number of nitrogens with zero attached hydrogens (tertiary/aromatic N) is 2. The maximum Gasteiger partial charge on any atom is 0.274 e. The number of nitriles is 1. The highest BCUT2D eigenvalue weighted by molar-refractivity contribution is 6.02. The Balaban J connectivity index is 1.74. The number of hydrogen-bond acceptors (Lipinski definition) is 8. The van der Waals surface area contributed by atoms with Gasteiger partial charge in [0.1, 0.15) is 29.5 Å². The van der Waals surface area contributed by atoms with Crippen molar-refractivity contribution in [3.8, 4) is 6.07 Å². The van der Waals surface area contributed by atoms with Gasteiger partial charge in [-0.25, -0.2) is 0 Å². The van der Waals surface area contributed by atoms with Crippen molar-refractivity contribution in [1.82, 2.24) is 26.4 Å². The molecule has 4 amide bonds.